The molecule has 3 aromatic heterocycles. The molecule has 0 aliphatic heterocycles. The van der Waals surface area contributed by atoms with E-state index in [9.17, 15) is 4.79 Å². The lowest BCUT2D eigenvalue weighted by atomic mass is 10.1. The Kier molecular flexibility index (Phi) is 3.33. The van der Waals surface area contributed by atoms with Gasteiger partial charge in [-0.25, -0.2) is 15.0 Å². The van der Waals surface area contributed by atoms with Crippen LogP contribution in [0.2, 0.25) is 0 Å². The van der Waals surface area contributed by atoms with Crippen LogP contribution in [0, 0.1) is 0 Å². The van der Waals surface area contributed by atoms with Crippen LogP contribution in [-0.4, -0.2) is 24.1 Å². The van der Waals surface area contributed by atoms with Crippen LogP contribution < -0.4 is 5.56 Å². The predicted molar refractivity (Wildman–Crippen MR) is 106 cm³/mol. The van der Waals surface area contributed by atoms with E-state index in [4.69, 9.17) is 9.97 Å². The molecule has 0 spiro atoms. The maximum absolute atomic E-state index is 13.3. The van der Waals surface area contributed by atoms with Crippen LogP contribution in [0.5, 0.6) is 0 Å². The molecule has 2 aromatic carbocycles. The SMILES string of the molecule is C[C@H](c1ccccc1)n1cnc2c(c1=O)c1nc3ccccc3nc1n2C. The molecule has 27 heavy (non-hydrogen) atoms. The van der Waals surface area contributed by atoms with Crippen LogP contribution in [0.25, 0.3) is 33.2 Å². The minimum atomic E-state index is -0.126. The van der Waals surface area contributed by atoms with Crippen LogP contribution in [0.15, 0.2) is 65.7 Å². The van der Waals surface area contributed by atoms with E-state index in [1.165, 1.54) is 0 Å². The summed E-state index contributed by atoms with van der Waals surface area (Å²) < 4.78 is 3.50. The molecule has 0 saturated carbocycles. The van der Waals surface area contributed by atoms with E-state index < -0.39 is 0 Å². The molecule has 1 atom stereocenters. The fraction of sp³-hybridized carbons (Fsp3) is 0.143. The average Bonchev–Trinajstić information content (AvgIpc) is 2.99. The first kappa shape index (κ1) is 15.7. The molecule has 0 N–H and O–H groups in total. The van der Waals surface area contributed by atoms with Crippen molar-refractivity contribution < 1.29 is 0 Å². The van der Waals surface area contributed by atoms with Gasteiger partial charge in [0.15, 0.2) is 11.3 Å². The van der Waals surface area contributed by atoms with Gasteiger partial charge in [0.25, 0.3) is 5.56 Å². The molecule has 132 valence electrons. The number of hydrogen-bond donors (Lipinski definition) is 0. The summed E-state index contributed by atoms with van der Waals surface area (Å²) in [6.07, 6.45) is 1.61. The summed E-state index contributed by atoms with van der Waals surface area (Å²) in [5, 5.41) is 0.510. The van der Waals surface area contributed by atoms with Crippen molar-refractivity contribution in [2.75, 3.05) is 0 Å². The lowest BCUT2D eigenvalue weighted by Gasteiger charge is -2.15. The number of aromatic nitrogens is 5. The predicted octanol–water partition coefficient (Wildman–Crippen LogP) is 3.44. The van der Waals surface area contributed by atoms with Gasteiger partial charge >= 0.3 is 0 Å². The maximum Gasteiger partial charge on any atom is 0.265 e. The Hall–Kier alpha value is -3.54. The number of aryl methyl sites for hydroxylation is 1. The largest absolute Gasteiger partial charge is 0.312 e. The van der Waals surface area contributed by atoms with E-state index in [1.807, 2.05) is 73.1 Å². The Morgan fingerprint density at radius 2 is 1.56 bits per heavy atom. The molecule has 0 amide bonds. The van der Waals surface area contributed by atoms with Crippen LogP contribution >= 0.6 is 0 Å². The van der Waals surface area contributed by atoms with Crippen molar-refractivity contribution in [3.8, 4) is 0 Å². The highest BCUT2D eigenvalue weighted by atomic mass is 16.1. The highest BCUT2D eigenvalue weighted by Crippen LogP contribution is 2.24. The fourth-order valence-corrected chi connectivity index (χ4v) is 3.58. The number of rotatable bonds is 2. The zero-order valence-electron chi connectivity index (χ0n) is 15.0. The van der Waals surface area contributed by atoms with Crippen LogP contribution in [-0.2, 0) is 7.05 Å². The molecule has 6 nitrogen and oxygen atoms in total. The van der Waals surface area contributed by atoms with Crippen molar-refractivity contribution in [3.63, 3.8) is 0 Å². The van der Waals surface area contributed by atoms with Gasteiger partial charge in [0.2, 0.25) is 0 Å². The van der Waals surface area contributed by atoms with Gasteiger partial charge in [-0.2, -0.15) is 0 Å². The highest BCUT2D eigenvalue weighted by Gasteiger charge is 2.19. The van der Waals surface area contributed by atoms with Gasteiger partial charge in [0.1, 0.15) is 17.2 Å². The Bertz CT molecular complexity index is 1370. The van der Waals surface area contributed by atoms with Gasteiger partial charge in [0.05, 0.1) is 17.1 Å². The third-order valence-corrected chi connectivity index (χ3v) is 5.10. The van der Waals surface area contributed by atoms with Gasteiger partial charge in [0, 0.05) is 7.05 Å². The van der Waals surface area contributed by atoms with E-state index >= 15 is 0 Å². The zero-order valence-corrected chi connectivity index (χ0v) is 15.0. The Labute approximate surface area is 154 Å². The lowest BCUT2D eigenvalue weighted by molar-refractivity contribution is 0.608. The van der Waals surface area contributed by atoms with Gasteiger partial charge in [-0.1, -0.05) is 42.5 Å². The molecular weight excluding hydrogens is 338 g/mol. The van der Waals surface area contributed by atoms with Crippen molar-refractivity contribution in [3.05, 3.63) is 76.8 Å². The molecule has 0 unspecified atom stereocenters. The molecule has 5 aromatic rings. The van der Waals surface area contributed by atoms with Crippen LogP contribution in [0.4, 0.5) is 0 Å². The lowest BCUT2D eigenvalue weighted by Crippen LogP contribution is -2.24. The highest BCUT2D eigenvalue weighted by molar-refractivity contribution is 6.04. The van der Waals surface area contributed by atoms with E-state index in [1.54, 1.807) is 10.9 Å². The number of para-hydroxylation sites is 2. The number of fused-ring (bicyclic) bond motifs is 4. The Morgan fingerprint density at radius 3 is 2.30 bits per heavy atom. The van der Waals surface area contributed by atoms with Crippen LogP contribution in [0.1, 0.15) is 18.5 Å². The molecule has 0 aliphatic rings. The van der Waals surface area contributed by atoms with Crippen molar-refractivity contribution >= 4 is 33.2 Å². The smallest absolute Gasteiger partial charge is 0.265 e. The number of benzene rings is 2. The molecule has 0 saturated heterocycles. The summed E-state index contributed by atoms with van der Waals surface area (Å²) in [7, 11) is 1.87. The Morgan fingerprint density at radius 1 is 0.889 bits per heavy atom. The quantitative estimate of drug-likeness (QED) is 0.486. The maximum atomic E-state index is 13.3. The molecule has 5 rings (SSSR count). The van der Waals surface area contributed by atoms with Gasteiger partial charge < -0.3 is 4.57 Å². The minimum Gasteiger partial charge on any atom is -0.312 e. The molecule has 0 bridgehead atoms. The molecular formula is C21H17N5O. The molecule has 6 heteroatoms. The van der Waals surface area contributed by atoms with Crippen molar-refractivity contribution in [1.82, 2.24) is 24.1 Å². The first-order chi connectivity index (χ1) is 13.1. The summed E-state index contributed by atoms with van der Waals surface area (Å²) in [6.45, 7) is 2.00. The van der Waals surface area contributed by atoms with Crippen molar-refractivity contribution in [2.45, 2.75) is 13.0 Å². The minimum absolute atomic E-state index is 0.105. The zero-order chi connectivity index (χ0) is 18.5. The van der Waals surface area contributed by atoms with E-state index in [0.29, 0.717) is 22.2 Å². The number of nitrogens with zero attached hydrogens (tertiary/aromatic N) is 5. The summed E-state index contributed by atoms with van der Waals surface area (Å²) in [6, 6.07) is 17.5. The van der Waals surface area contributed by atoms with E-state index in [0.717, 1.165) is 16.6 Å². The van der Waals surface area contributed by atoms with Gasteiger partial charge in [-0.3, -0.25) is 9.36 Å². The summed E-state index contributed by atoms with van der Waals surface area (Å²) in [4.78, 5) is 27.3. The second-order valence-electron chi connectivity index (χ2n) is 6.69. The topological polar surface area (TPSA) is 65.6 Å². The first-order valence-corrected chi connectivity index (χ1v) is 8.82. The average molecular weight is 355 g/mol. The molecule has 3 heterocycles. The third-order valence-electron chi connectivity index (χ3n) is 5.10. The molecule has 0 fully saturated rings. The summed E-state index contributed by atoms with van der Waals surface area (Å²) >= 11 is 0. The molecule has 0 radical (unpaired) electrons. The third kappa shape index (κ3) is 2.26. The first-order valence-electron chi connectivity index (χ1n) is 8.82. The Balaban J connectivity index is 1.84. The van der Waals surface area contributed by atoms with E-state index in [-0.39, 0.29) is 11.6 Å². The number of hydrogen-bond acceptors (Lipinski definition) is 4. The normalized spacial score (nSPS) is 12.8. The molecule has 0 aliphatic carbocycles. The summed E-state index contributed by atoms with van der Waals surface area (Å²) in [5.74, 6) is 0. The summed E-state index contributed by atoms with van der Waals surface area (Å²) in [5.41, 5.74) is 4.37. The van der Waals surface area contributed by atoms with Gasteiger partial charge in [-0.15, -0.1) is 0 Å². The standard InChI is InChI=1S/C21H17N5O/c1-13(14-8-4-3-5-9-14)26-12-22-19-17(21(26)27)18-20(25(19)2)24-16-11-7-6-10-15(16)23-18/h3-13H,1-2H3/t13-/m1/s1. The van der Waals surface area contributed by atoms with Crippen LogP contribution in [0.3, 0.4) is 0 Å². The van der Waals surface area contributed by atoms with Crippen molar-refractivity contribution in [2.24, 2.45) is 7.05 Å². The monoisotopic (exact) mass is 355 g/mol. The van der Waals surface area contributed by atoms with Crippen molar-refractivity contribution in [1.29, 1.82) is 0 Å². The second-order valence-corrected chi connectivity index (χ2v) is 6.69. The second kappa shape index (κ2) is 5.74. The fourth-order valence-electron chi connectivity index (χ4n) is 3.58. The van der Waals surface area contributed by atoms with E-state index in [2.05, 4.69) is 4.98 Å². The van der Waals surface area contributed by atoms with Gasteiger partial charge in [-0.05, 0) is 24.6 Å².